The maximum absolute atomic E-state index is 2.60. The van der Waals surface area contributed by atoms with Gasteiger partial charge in [0.2, 0.25) is 0 Å². The van der Waals surface area contributed by atoms with Crippen LogP contribution in [0.4, 0.5) is 0 Å². The number of rotatable bonds is 3. The third-order valence-electron chi connectivity index (χ3n) is 10.4. The Morgan fingerprint density at radius 3 is 1.50 bits per heavy atom. The van der Waals surface area contributed by atoms with Crippen molar-refractivity contribution >= 4 is 0 Å². The molecule has 6 aliphatic rings. The molecule has 0 bridgehead atoms. The zero-order chi connectivity index (χ0) is 17.6. The second kappa shape index (κ2) is 7.19. The lowest BCUT2D eigenvalue weighted by atomic mass is 9.53. The lowest BCUT2D eigenvalue weighted by Gasteiger charge is -2.50. The molecule has 4 heteroatoms. The van der Waals surface area contributed by atoms with Gasteiger partial charge in [-0.2, -0.15) is 0 Å². The predicted octanol–water partition coefficient (Wildman–Crippen LogP) is -2.14. The lowest BCUT2D eigenvalue weighted by molar-refractivity contribution is -0.957. The summed E-state index contributed by atoms with van der Waals surface area (Å²) in [4.78, 5) is 0. The molecule has 2 heterocycles. The molecule has 2 spiro atoms. The summed E-state index contributed by atoms with van der Waals surface area (Å²) >= 11 is 0. The molecule has 2 nitrogen and oxygen atoms in total. The summed E-state index contributed by atoms with van der Waals surface area (Å²) in [7, 11) is 5.20. The molecule has 8 atom stereocenters. The third-order valence-corrected chi connectivity index (χ3v) is 10.4. The summed E-state index contributed by atoms with van der Waals surface area (Å²) in [6.07, 6.45) is 18.9. The zero-order valence-electron chi connectivity index (χ0n) is 17.8. The highest BCUT2D eigenvalue weighted by Crippen LogP contribution is 2.62. The van der Waals surface area contributed by atoms with Crippen LogP contribution in [0.1, 0.15) is 38.5 Å². The van der Waals surface area contributed by atoms with Gasteiger partial charge in [0.05, 0.1) is 40.3 Å². The van der Waals surface area contributed by atoms with Crippen molar-refractivity contribution in [3.63, 3.8) is 0 Å². The summed E-state index contributed by atoms with van der Waals surface area (Å²) in [6.45, 7) is 8.71. The second-order valence-corrected chi connectivity index (χ2v) is 11.8. The van der Waals surface area contributed by atoms with Crippen LogP contribution in [0.5, 0.6) is 0 Å². The van der Waals surface area contributed by atoms with Crippen molar-refractivity contribution in [2.45, 2.75) is 38.5 Å². The van der Waals surface area contributed by atoms with Crippen LogP contribution in [0.3, 0.4) is 0 Å². The molecule has 2 saturated heterocycles. The van der Waals surface area contributed by atoms with Crippen LogP contribution >= 0.6 is 0 Å². The van der Waals surface area contributed by atoms with Crippen LogP contribution in [0.25, 0.3) is 0 Å². The summed E-state index contributed by atoms with van der Waals surface area (Å²) in [5.41, 5.74) is 1.42. The minimum absolute atomic E-state index is 0. The Labute approximate surface area is 206 Å². The van der Waals surface area contributed by atoms with Crippen molar-refractivity contribution in [1.29, 1.82) is 0 Å². The molecule has 6 rings (SSSR count). The number of nitrogens with zero attached hydrogens (tertiary/aromatic N) is 2. The van der Waals surface area contributed by atoms with E-state index >= 15 is 0 Å². The Morgan fingerprint density at radius 1 is 0.750 bits per heavy atom. The quantitative estimate of drug-likeness (QED) is 0.195. The molecule has 2 aliphatic heterocycles. The summed E-state index contributed by atoms with van der Waals surface area (Å²) < 4.78 is 2.74. The average Bonchev–Trinajstić information content (AvgIpc) is 3.07. The maximum atomic E-state index is 2.60. The van der Waals surface area contributed by atoms with Crippen LogP contribution in [0, 0.1) is 34.5 Å². The van der Waals surface area contributed by atoms with E-state index in [1.807, 2.05) is 0 Å². The summed E-state index contributed by atoms with van der Waals surface area (Å²) in [6, 6.07) is 0. The number of hydrogen-bond donors (Lipinski definition) is 0. The smallest absolute Gasteiger partial charge is 0.128 e. The molecule has 0 aromatic heterocycles. The summed E-state index contributed by atoms with van der Waals surface area (Å²) in [5.74, 6) is 3.84. The first kappa shape index (κ1) is 22.1. The van der Waals surface area contributed by atoms with Gasteiger partial charge in [0.25, 0.3) is 0 Å². The highest BCUT2D eigenvalue weighted by molar-refractivity contribution is 5.16. The monoisotopic (exact) mass is 608 g/mol. The number of likely N-dealkylation sites (N-methyl/N-ethyl adjacent to an activating group) is 2. The minimum atomic E-state index is 0. The number of hydrogen-bond acceptors (Lipinski definition) is 0. The van der Waals surface area contributed by atoms with Crippen molar-refractivity contribution in [3.8, 4) is 0 Å². The van der Waals surface area contributed by atoms with Crippen LogP contribution in [0.15, 0.2) is 24.3 Å². The first-order chi connectivity index (χ1) is 12.5. The molecule has 0 radical (unpaired) electrons. The molecule has 4 fully saturated rings. The van der Waals surface area contributed by atoms with Gasteiger partial charge < -0.3 is 56.9 Å². The molecular weight excluding hydrogens is 570 g/mol. The SMILES string of the molecule is C[N+]1(CC[N+]2(C)CC3CC=CC4CCC43C2)CC2CC=CC3CCC32C1.[I-].[I-]. The molecular formula is C24H38I2N2. The van der Waals surface area contributed by atoms with Crippen LogP contribution in [-0.4, -0.2) is 62.3 Å². The topological polar surface area (TPSA) is 0 Å². The molecule has 0 N–H and O–H groups in total. The molecule has 2 saturated carbocycles. The predicted molar refractivity (Wildman–Crippen MR) is 106 cm³/mol. The van der Waals surface area contributed by atoms with E-state index in [2.05, 4.69) is 38.4 Å². The number of allylic oxidation sites excluding steroid dienone is 4. The number of halogens is 2. The van der Waals surface area contributed by atoms with E-state index in [1.165, 1.54) is 86.8 Å². The van der Waals surface area contributed by atoms with Crippen LogP contribution in [0.2, 0.25) is 0 Å². The van der Waals surface area contributed by atoms with Crippen molar-refractivity contribution in [1.82, 2.24) is 0 Å². The van der Waals surface area contributed by atoms with Gasteiger partial charge in [-0.05, 0) is 50.4 Å². The molecule has 0 aromatic rings. The van der Waals surface area contributed by atoms with Crippen LogP contribution < -0.4 is 48.0 Å². The van der Waals surface area contributed by atoms with Crippen molar-refractivity contribution in [3.05, 3.63) is 24.3 Å². The van der Waals surface area contributed by atoms with Gasteiger partial charge >= 0.3 is 0 Å². The van der Waals surface area contributed by atoms with Crippen LogP contribution in [-0.2, 0) is 0 Å². The molecule has 0 amide bonds. The molecule has 158 valence electrons. The standard InChI is InChI=1S/C24H38N2.2HI/c1-25(15-21-7-3-5-19-9-11-23(19,21)17-25)13-14-26(2)16-22-8-4-6-20-10-12-24(20,22)18-26;;/h3-6,19-22H,7-18H2,1-2H3;2*1H/q+2;;/p-2. The van der Waals surface area contributed by atoms with E-state index < -0.39 is 0 Å². The van der Waals surface area contributed by atoms with E-state index in [4.69, 9.17) is 0 Å². The molecule has 28 heavy (non-hydrogen) atoms. The average molecular weight is 608 g/mol. The van der Waals surface area contributed by atoms with Gasteiger partial charge in [0.15, 0.2) is 0 Å². The molecule has 4 aliphatic carbocycles. The van der Waals surface area contributed by atoms with E-state index in [0.717, 1.165) is 23.7 Å². The maximum Gasteiger partial charge on any atom is 0.128 e. The van der Waals surface area contributed by atoms with Gasteiger partial charge in [0.1, 0.15) is 13.1 Å². The van der Waals surface area contributed by atoms with Crippen molar-refractivity contribution in [2.75, 3.05) is 53.4 Å². The highest BCUT2D eigenvalue weighted by atomic mass is 127. The van der Waals surface area contributed by atoms with E-state index in [1.54, 1.807) is 0 Å². The number of likely N-dealkylation sites (tertiary alicyclic amines) is 2. The fourth-order valence-corrected chi connectivity index (χ4v) is 8.84. The van der Waals surface area contributed by atoms with Gasteiger partial charge in [-0.3, -0.25) is 0 Å². The first-order valence-electron chi connectivity index (χ1n) is 11.5. The number of quaternary nitrogens is 2. The van der Waals surface area contributed by atoms with Gasteiger partial charge in [-0.15, -0.1) is 0 Å². The van der Waals surface area contributed by atoms with Gasteiger partial charge in [-0.1, -0.05) is 24.3 Å². The van der Waals surface area contributed by atoms with E-state index in [0.29, 0.717) is 10.8 Å². The van der Waals surface area contributed by atoms with Crippen molar-refractivity contribution in [2.24, 2.45) is 34.5 Å². The van der Waals surface area contributed by atoms with E-state index in [9.17, 15) is 0 Å². The Bertz CT molecular complexity index is 634. The Kier molecular flexibility index (Phi) is 5.67. The highest BCUT2D eigenvalue weighted by Gasteiger charge is 2.64. The fourth-order valence-electron chi connectivity index (χ4n) is 8.84. The fraction of sp³-hybridized carbons (Fsp3) is 0.833. The van der Waals surface area contributed by atoms with Gasteiger partial charge in [0, 0.05) is 22.7 Å². The van der Waals surface area contributed by atoms with E-state index in [-0.39, 0.29) is 48.0 Å². The Hall–Kier alpha value is 0.860. The Balaban J connectivity index is 0.000000961. The largest absolute Gasteiger partial charge is 1.00 e. The van der Waals surface area contributed by atoms with Gasteiger partial charge in [-0.25, -0.2) is 0 Å². The molecule has 8 unspecified atom stereocenters. The normalized spacial score (nSPS) is 54.8. The lowest BCUT2D eigenvalue weighted by Crippen LogP contribution is -3.00. The minimum Gasteiger partial charge on any atom is -1.00 e. The molecule has 0 aromatic carbocycles. The summed E-state index contributed by atoms with van der Waals surface area (Å²) in [5, 5.41) is 0. The Morgan fingerprint density at radius 2 is 1.18 bits per heavy atom. The first-order valence-corrected chi connectivity index (χ1v) is 11.5. The second-order valence-electron chi connectivity index (χ2n) is 11.8. The van der Waals surface area contributed by atoms with Crippen molar-refractivity contribution < 1.29 is 56.9 Å². The third kappa shape index (κ3) is 2.96. The zero-order valence-corrected chi connectivity index (χ0v) is 22.1.